The summed E-state index contributed by atoms with van der Waals surface area (Å²) < 4.78 is 43.4. The van der Waals surface area contributed by atoms with E-state index in [1.807, 2.05) is 0 Å². The molecule has 0 aliphatic carbocycles. The second-order valence-electron chi connectivity index (χ2n) is 3.80. The largest absolute Gasteiger partial charge is 0.466 e. The Hall–Kier alpha value is -2.36. The van der Waals surface area contributed by atoms with Gasteiger partial charge in [0.1, 0.15) is 6.29 Å². The molecule has 20 heavy (non-hydrogen) atoms. The Morgan fingerprint density at radius 3 is 2.55 bits per heavy atom. The summed E-state index contributed by atoms with van der Waals surface area (Å²) in [4.78, 5) is 22.2. The number of alkyl halides is 3. The summed E-state index contributed by atoms with van der Waals surface area (Å²) in [5.41, 5.74) is -2.30. The first kappa shape index (κ1) is 15.7. The molecule has 1 aromatic rings. The van der Waals surface area contributed by atoms with Crippen molar-refractivity contribution >= 4 is 12.3 Å². The van der Waals surface area contributed by atoms with Crippen LogP contribution in [0, 0.1) is 11.3 Å². The predicted molar refractivity (Wildman–Crippen MR) is 61.9 cm³/mol. The highest BCUT2D eigenvalue weighted by Gasteiger charge is 2.35. The second kappa shape index (κ2) is 6.19. The van der Waals surface area contributed by atoms with Gasteiger partial charge in [-0.3, -0.25) is 9.59 Å². The van der Waals surface area contributed by atoms with Gasteiger partial charge in [-0.05, 0) is 24.6 Å². The molecule has 0 saturated carbocycles. The van der Waals surface area contributed by atoms with E-state index in [2.05, 4.69) is 4.74 Å². The highest BCUT2D eigenvalue weighted by atomic mass is 19.4. The van der Waals surface area contributed by atoms with Crippen molar-refractivity contribution in [1.82, 2.24) is 0 Å². The van der Waals surface area contributed by atoms with Crippen molar-refractivity contribution in [3.63, 3.8) is 0 Å². The third kappa shape index (κ3) is 3.57. The fourth-order valence-corrected chi connectivity index (χ4v) is 1.67. The van der Waals surface area contributed by atoms with Gasteiger partial charge < -0.3 is 4.74 Å². The van der Waals surface area contributed by atoms with Gasteiger partial charge in [0.25, 0.3) is 0 Å². The number of carbonyl (C=O) groups is 2. The van der Waals surface area contributed by atoms with E-state index in [0.29, 0.717) is 6.07 Å². The van der Waals surface area contributed by atoms with Gasteiger partial charge in [-0.1, -0.05) is 0 Å². The van der Waals surface area contributed by atoms with Gasteiger partial charge >= 0.3 is 12.1 Å². The van der Waals surface area contributed by atoms with Gasteiger partial charge in [0, 0.05) is 5.56 Å². The molecule has 0 saturated heterocycles. The minimum absolute atomic E-state index is 0.0207. The summed E-state index contributed by atoms with van der Waals surface area (Å²) in [5.74, 6) is -0.870. The lowest BCUT2D eigenvalue weighted by Gasteiger charge is -2.14. The van der Waals surface area contributed by atoms with Crippen LogP contribution in [0.15, 0.2) is 12.1 Å². The lowest BCUT2D eigenvalue weighted by molar-refractivity contribution is -0.143. The first-order chi connectivity index (χ1) is 9.33. The second-order valence-corrected chi connectivity index (χ2v) is 3.80. The molecule has 0 heterocycles. The molecule has 7 heteroatoms. The van der Waals surface area contributed by atoms with E-state index in [1.54, 1.807) is 6.07 Å². The van der Waals surface area contributed by atoms with E-state index in [-0.39, 0.29) is 24.0 Å². The van der Waals surface area contributed by atoms with Crippen LogP contribution in [-0.2, 0) is 22.1 Å². The van der Waals surface area contributed by atoms with Crippen LogP contribution in [0.4, 0.5) is 13.2 Å². The molecule has 0 aromatic heterocycles. The van der Waals surface area contributed by atoms with Crippen LogP contribution in [0.25, 0.3) is 0 Å². The molecule has 106 valence electrons. The number of hydrogen-bond donors (Lipinski definition) is 0. The average Bonchev–Trinajstić information content (AvgIpc) is 2.37. The lowest BCUT2D eigenvalue weighted by Crippen LogP contribution is -2.17. The van der Waals surface area contributed by atoms with Crippen molar-refractivity contribution in [2.24, 2.45) is 0 Å². The monoisotopic (exact) mass is 285 g/mol. The molecule has 0 aliphatic heterocycles. The van der Waals surface area contributed by atoms with E-state index in [4.69, 9.17) is 5.26 Å². The van der Waals surface area contributed by atoms with E-state index < -0.39 is 29.7 Å². The third-order valence-electron chi connectivity index (χ3n) is 2.47. The maximum absolute atomic E-state index is 12.9. The van der Waals surface area contributed by atoms with Crippen molar-refractivity contribution in [2.45, 2.75) is 19.5 Å². The first-order valence-corrected chi connectivity index (χ1v) is 5.58. The Kier molecular flexibility index (Phi) is 4.86. The molecule has 0 atom stereocenters. The van der Waals surface area contributed by atoms with Gasteiger partial charge in [0.15, 0.2) is 0 Å². The number of carbonyl (C=O) groups excluding carboxylic acids is 2. The Morgan fingerprint density at radius 1 is 1.45 bits per heavy atom. The minimum atomic E-state index is -4.77. The molecule has 0 spiro atoms. The van der Waals surface area contributed by atoms with Crippen LogP contribution >= 0.6 is 0 Å². The standard InChI is InChI=1S/C13H10F3NO3/c1-2-20-12(19)5-10-9(7-18)3-8(6-17)4-11(10)13(14,15)16/h3-4,7H,2,5H2,1H3. The summed E-state index contributed by atoms with van der Waals surface area (Å²) in [6, 6.07) is 3.17. The summed E-state index contributed by atoms with van der Waals surface area (Å²) >= 11 is 0. The Balaban J connectivity index is 3.42. The summed E-state index contributed by atoms with van der Waals surface area (Å²) in [6.45, 7) is 1.54. The van der Waals surface area contributed by atoms with E-state index in [0.717, 1.165) is 6.07 Å². The van der Waals surface area contributed by atoms with Crippen LogP contribution < -0.4 is 0 Å². The maximum Gasteiger partial charge on any atom is 0.416 e. The molecule has 0 fully saturated rings. The quantitative estimate of drug-likeness (QED) is 0.629. The van der Waals surface area contributed by atoms with Crippen molar-refractivity contribution in [3.8, 4) is 6.07 Å². The van der Waals surface area contributed by atoms with Gasteiger partial charge in [-0.15, -0.1) is 0 Å². The zero-order valence-corrected chi connectivity index (χ0v) is 10.5. The van der Waals surface area contributed by atoms with Crippen LogP contribution in [0.2, 0.25) is 0 Å². The number of nitrogens with zero attached hydrogens (tertiary/aromatic N) is 1. The van der Waals surface area contributed by atoms with Crippen LogP contribution in [-0.4, -0.2) is 18.9 Å². The molecular weight excluding hydrogens is 275 g/mol. The molecule has 0 unspecified atom stereocenters. The molecule has 4 nitrogen and oxygen atoms in total. The SMILES string of the molecule is CCOC(=O)Cc1c(C=O)cc(C#N)cc1C(F)(F)F. The molecule has 0 N–H and O–H groups in total. The first-order valence-electron chi connectivity index (χ1n) is 5.58. The topological polar surface area (TPSA) is 67.2 Å². The Bertz CT molecular complexity index is 573. The summed E-state index contributed by atoms with van der Waals surface area (Å²) in [7, 11) is 0. The number of hydrogen-bond acceptors (Lipinski definition) is 4. The zero-order chi connectivity index (χ0) is 15.3. The van der Waals surface area contributed by atoms with Crippen LogP contribution in [0.1, 0.15) is 34.0 Å². The molecule has 1 rings (SSSR count). The van der Waals surface area contributed by atoms with Gasteiger partial charge in [0.2, 0.25) is 0 Å². The summed E-state index contributed by atoms with van der Waals surface area (Å²) in [6.07, 6.45) is -5.26. The number of ether oxygens (including phenoxy) is 1. The fraction of sp³-hybridized carbons (Fsp3) is 0.308. The normalized spacial score (nSPS) is 10.8. The number of aldehydes is 1. The Labute approximate surface area is 112 Å². The van der Waals surface area contributed by atoms with E-state index in [9.17, 15) is 22.8 Å². The molecule has 0 aliphatic rings. The number of benzene rings is 1. The molecule has 0 bridgehead atoms. The zero-order valence-electron chi connectivity index (χ0n) is 10.5. The van der Waals surface area contributed by atoms with Crippen molar-refractivity contribution < 1.29 is 27.5 Å². The van der Waals surface area contributed by atoms with Gasteiger partial charge in [-0.2, -0.15) is 18.4 Å². The van der Waals surface area contributed by atoms with E-state index in [1.165, 1.54) is 6.92 Å². The number of rotatable bonds is 4. The highest BCUT2D eigenvalue weighted by Crippen LogP contribution is 2.34. The summed E-state index contributed by atoms with van der Waals surface area (Å²) in [5, 5.41) is 8.68. The number of esters is 1. The van der Waals surface area contributed by atoms with Crippen molar-refractivity contribution in [3.05, 3.63) is 34.4 Å². The Morgan fingerprint density at radius 2 is 2.10 bits per heavy atom. The van der Waals surface area contributed by atoms with Crippen LogP contribution in [0.5, 0.6) is 0 Å². The molecule has 1 aromatic carbocycles. The minimum Gasteiger partial charge on any atom is -0.466 e. The van der Waals surface area contributed by atoms with Gasteiger partial charge in [-0.25, -0.2) is 0 Å². The maximum atomic E-state index is 12.9. The smallest absolute Gasteiger partial charge is 0.416 e. The van der Waals surface area contributed by atoms with Crippen molar-refractivity contribution in [2.75, 3.05) is 6.61 Å². The molecule has 0 radical (unpaired) electrons. The number of halogens is 3. The predicted octanol–water partition coefficient (Wildman–Crippen LogP) is 2.50. The lowest BCUT2D eigenvalue weighted by atomic mass is 9.95. The average molecular weight is 285 g/mol. The van der Waals surface area contributed by atoms with Crippen LogP contribution in [0.3, 0.4) is 0 Å². The fourth-order valence-electron chi connectivity index (χ4n) is 1.67. The van der Waals surface area contributed by atoms with Crippen molar-refractivity contribution in [1.29, 1.82) is 5.26 Å². The number of nitriles is 1. The molecule has 0 amide bonds. The van der Waals surface area contributed by atoms with E-state index >= 15 is 0 Å². The van der Waals surface area contributed by atoms with Gasteiger partial charge in [0.05, 0.1) is 30.2 Å². The molecular formula is C13H10F3NO3. The third-order valence-corrected chi connectivity index (χ3v) is 2.47. The highest BCUT2D eigenvalue weighted by molar-refractivity contribution is 5.83.